The largest absolute Gasteiger partial charge is 0.492 e. The maximum absolute atomic E-state index is 5.74. The third-order valence-corrected chi connectivity index (χ3v) is 4.56. The number of hydrogen-bond donors (Lipinski definition) is 1. The highest BCUT2D eigenvalue weighted by molar-refractivity contribution is 9.10. The van der Waals surface area contributed by atoms with Crippen LogP contribution in [0, 0.1) is 5.92 Å². The van der Waals surface area contributed by atoms with Gasteiger partial charge in [-0.15, -0.1) is 0 Å². The zero-order chi connectivity index (χ0) is 15.1. The summed E-state index contributed by atoms with van der Waals surface area (Å²) in [7, 11) is 0. The first-order valence-corrected chi connectivity index (χ1v) is 8.79. The first-order valence-electron chi connectivity index (χ1n) is 7.99. The summed E-state index contributed by atoms with van der Waals surface area (Å²) in [5, 5.41) is 3.64. The van der Waals surface area contributed by atoms with Crippen LogP contribution in [0.4, 0.5) is 0 Å². The van der Waals surface area contributed by atoms with Gasteiger partial charge in [0.1, 0.15) is 5.75 Å². The molecule has 21 heavy (non-hydrogen) atoms. The van der Waals surface area contributed by atoms with Crippen molar-refractivity contribution in [1.82, 2.24) is 5.32 Å². The predicted octanol–water partition coefficient (Wildman–Crippen LogP) is 4.32. The molecule has 1 aliphatic rings. The fourth-order valence-corrected chi connectivity index (χ4v) is 3.38. The van der Waals surface area contributed by atoms with Crippen LogP contribution in [0.3, 0.4) is 0 Å². The van der Waals surface area contributed by atoms with Gasteiger partial charge in [0, 0.05) is 19.3 Å². The van der Waals surface area contributed by atoms with E-state index in [0.29, 0.717) is 12.0 Å². The van der Waals surface area contributed by atoms with Crippen molar-refractivity contribution in [1.29, 1.82) is 0 Å². The molecule has 1 fully saturated rings. The lowest BCUT2D eigenvalue weighted by Crippen LogP contribution is -2.32. The molecule has 1 atom stereocenters. The van der Waals surface area contributed by atoms with Gasteiger partial charge in [0.2, 0.25) is 0 Å². The summed E-state index contributed by atoms with van der Waals surface area (Å²) < 4.78 is 12.3. The van der Waals surface area contributed by atoms with Crippen molar-refractivity contribution in [2.24, 2.45) is 5.92 Å². The molecule has 1 aliphatic heterocycles. The normalized spacial score (nSPS) is 17.7. The van der Waals surface area contributed by atoms with Gasteiger partial charge in [-0.3, -0.25) is 0 Å². The SMILES string of the molecule is CCCOc1ccc(C(NCC)C2CCOCC2)cc1Br. The Morgan fingerprint density at radius 3 is 2.71 bits per heavy atom. The molecule has 2 rings (SSSR count). The van der Waals surface area contributed by atoms with E-state index in [1.807, 2.05) is 0 Å². The molecule has 0 radical (unpaired) electrons. The topological polar surface area (TPSA) is 30.5 Å². The monoisotopic (exact) mass is 355 g/mol. The highest BCUT2D eigenvalue weighted by Crippen LogP contribution is 2.34. The van der Waals surface area contributed by atoms with Crippen LogP contribution in [0.25, 0.3) is 0 Å². The van der Waals surface area contributed by atoms with Crippen molar-refractivity contribution in [2.45, 2.75) is 39.2 Å². The zero-order valence-electron chi connectivity index (χ0n) is 13.0. The van der Waals surface area contributed by atoms with Crippen LogP contribution >= 0.6 is 15.9 Å². The van der Waals surface area contributed by atoms with Crippen LogP contribution in [0.15, 0.2) is 22.7 Å². The van der Waals surface area contributed by atoms with E-state index in [4.69, 9.17) is 9.47 Å². The minimum atomic E-state index is 0.399. The van der Waals surface area contributed by atoms with Gasteiger partial charge in [-0.2, -0.15) is 0 Å². The summed E-state index contributed by atoms with van der Waals surface area (Å²) >= 11 is 3.64. The second kappa shape index (κ2) is 8.76. The number of rotatable bonds is 7. The molecule has 0 aliphatic carbocycles. The van der Waals surface area contributed by atoms with Gasteiger partial charge in [0.25, 0.3) is 0 Å². The van der Waals surface area contributed by atoms with Gasteiger partial charge < -0.3 is 14.8 Å². The number of nitrogens with one attached hydrogen (secondary N) is 1. The van der Waals surface area contributed by atoms with E-state index in [1.165, 1.54) is 5.56 Å². The van der Waals surface area contributed by atoms with Crippen LogP contribution in [0.2, 0.25) is 0 Å². The summed E-state index contributed by atoms with van der Waals surface area (Å²) in [6, 6.07) is 6.88. The molecule has 0 amide bonds. The summed E-state index contributed by atoms with van der Waals surface area (Å²) in [5.74, 6) is 1.58. The molecular weight excluding hydrogens is 330 g/mol. The Balaban J connectivity index is 2.13. The van der Waals surface area contributed by atoms with Gasteiger partial charge in [-0.25, -0.2) is 0 Å². The highest BCUT2D eigenvalue weighted by atomic mass is 79.9. The Bertz CT molecular complexity index is 433. The van der Waals surface area contributed by atoms with Crippen molar-refractivity contribution in [3.63, 3.8) is 0 Å². The molecule has 1 aromatic carbocycles. The van der Waals surface area contributed by atoms with Crippen LogP contribution in [-0.2, 0) is 4.74 Å². The van der Waals surface area contributed by atoms with Crippen molar-refractivity contribution in [3.05, 3.63) is 28.2 Å². The molecular formula is C17H26BrNO2. The third-order valence-electron chi connectivity index (χ3n) is 3.94. The van der Waals surface area contributed by atoms with Crippen molar-refractivity contribution >= 4 is 15.9 Å². The minimum Gasteiger partial charge on any atom is -0.492 e. The second-order valence-electron chi connectivity index (χ2n) is 5.52. The number of hydrogen-bond acceptors (Lipinski definition) is 3. The third kappa shape index (κ3) is 4.70. The molecule has 1 aromatic rings. The average Bonchev–Trinajstić information content (AvgIpc) is 2.52. The van der Waals surface area contributed by atoms with E-state index in [2.05, 4.69) is 53.3 Å². The molecule has 0 bridgehead atoms. The van der Waals surface area contributed by atoms with Gasteiger partial charge in [-0.1, -0.05) is 19.9 Å². The average molecular weight is 356 g/mol. The quantitative estimate of drug-likeness (QED) is 0.790. The van der Waals surface area contributed by atoms with E-state index in [1.54, 1.807) is 0 Å². The Morgan fingerprint density at radius 1 is 1.33 bits per heavy atom. The Morgan fingerprint density at radius 2 is 2.10 bits per heavy atom. The van der Waals surface area contributed by atoms with Gasteiger partial charge >= 0.3 is 0 Å². The summed E-state index contributed by atoms with van der Waals surface area (Å²) in [5.41, 5.74) is 1.33. The van der Waals surface area contributed by atoms with E-state index >= 15 is 0 Å². The van der Waals surface area contributed by atoms with Crippen molar-refractivity contribution in [2.75, 3.05) is 26.4 Å². The Kier molecular flexibility index (Phi) is 7.00. The lowest BCUT2D eigenvalue weighted by molar-refractivity contribution is 0.0538. The molecule has 4 heteroatoms. The van der Waals surface area contributed by atoms with Crippen LogP contribution in [-0.4, -0.2) is 26.4 Å². The number of halogens is 1. The molecule has 118 valence electrons. The molecule has 0 saturated carbocycles. The first kappa shape index (κ1) is 16.8. The maximum atomic E-state index is 5.74. The van der Waals surface area contributed by atoms with E-state index < -0.39 is 0 Å². The summed E-state index contributed by atoms with van der Waals surface area (Å²) in [6.45, 7) is 7.79. The smallest absolute Gasteiger partial charge is 0.133 e. The number of benzene rings is 1. The zero-order valence-corrected chi connectivity index (χ0v) is 14.6. The minimum absolute atomic E-state index is 0.399. The molecule has 0 spiro atoms. The molecule has 1 saturated heterocycles. The molecule has 1 heterocycles. The molecule has 1 N–H and O–H groups in total. The fourth-order valence-electron chi connectivity index (χ4n) is 2.87. The van der Waals surface area contributed by atoms with E-state index in [0.717, 1.165) is 55.9 Å². The van der Waals surface area contributed by atoms with E-state index in [-0.39, 0.29) is 0 Å². The summed E-state index contributed by atoms with van der Waals surface area (Å²) in [6.07, 6.45) is 3.28. The van der Waals surface area contributed by atoms with Gasteiger partial charge in [0.15, 0.2) is 0 Å². The number of ether oxygens (including phenoxy) is 2. The Hall–Kier alpha value is -0.580. The fraction of sp³-hybridized carbons (Fsp3) is 0.647. The standard InChI is InChI=1S/C17H26BrNO2/c1-3-9-21-16-6-5-14(12-15(16)18)17(19-4-2)13-7-10-20-11-8-13/h5-6,12-13,17,19H,3-4,7-11H2,1-2H3. The first-order chi connectivity index (χ1) is 10.3. The van der Waals surface area contributed by atoms with E-state index in [9.17, 15) is 0 Å². The molecule has 1 unspecified atom stereocenters. The summed E-state index contributed by atoms with van der Waals surface area (Å²) in [4.78, 5) is 0. The lowest BCUT2D eigenvalue weighted by Gasteiger charge is -2.31. The van der Waals surface area contributed by atoms with Crippen molar-refractivity contribution in [3.8, 4) is 5.75 Å². The highest BCUT2D eigenvalue weighted by Gasteiger charge is 2.25. The van der Waals surface area contributed by atoms with Gasteiger partial charge in [-0.05, 0) is 65.4 Å². The van der Waals surface area contributed by atoms with Gasteiger partial charge in [0.05, 0.1) is 11.1 Å². The van der Waals surface area contributed by atoms with Crippen LogP contribution < -0.4 is 10.1 Å². The lowest BCUT2D eigenvalue weighted by atomic mass is 9.87. The second-order valence-corrected chi connectivity index (χ2v) is 6.38. The predicted molar refractivity (Wildman–Crippen MR) is 89.9 cm³/mol. The molecule has 0 aromatic heterocycles. The Labute approximate surface area is 136 Å². The molecule has 3 nitrogen and oxygen atoms in total. The van der Waals surface area contributed by atoms with Crippen LogP contribution in [0.5, 0.6) is 5.75 Å². The maximum Gasteiger partial charge on any atom is 0.133 e. The van der Waals surface area contributed by atoms with Crippen LogP contribution in [0.1, 0.15) is 44.7 Å². The van der Waals surface area contributed by atoms with Crippen molar-refractivity contribution < 1.29 is 9.47 Å².